The zero-order valence-corrected chi connectivity index (χ0v) is 13.5. The van der Waals surface area contributed by atoms with Crippen LogP contribution in [-0.4, -0.2) is 46.6 Å². The highest BCUT2D eigenvalue weighted by Gasteiger charge is 2.21. The summed E-state index contributed by atoms with van der Waals surface area (Å²) in [5, 5.41) is 3.55. The molecular weight excluding hydrogens is 298 g/mol. The molecule has 126 valence electrons. The van der Waals surface area contributed by atoms with E-state index < -0.39 is 6.43 Å². The Hall–Kier alpha value is -1.53. The summed E-state index contributed by atoms with van der Waals surface area (Å²) in [7, 11) is 0. The Morgan fingerprint density at radius 2 is 2.00 bits per heavy atom. The summed E-state index contributed by atoms with van der Waals surface area (Å²) in [4.78, 5) is 6.56. The van der Waals surface area contributed by atoms with Gasteiger partial charge in [0.1, 0.15) is 5.82 Å². The number of para-hydroxylation sites is 2. The summed E-state index contributed by atoms with van der Waals surface area (Å²) in [6.07, 6.45) is -0.401. The SMILES string of the molecule is CCn1c(CNC2CCN(CC(F)F)CC2)nc2ccccc21. The van der Waals surface area contributed by atoms with Gasteiger partial charge < -0.3 is 9.88 Å². The van der Waals surface area contributed by atoms with Crippen LogP contribution in [0.5, 0.6) is 0 Å². The molecule has 1 N–H and O–H groups in total. The van der Waals surface area contributed by atoms with Gasteiger partial charge >= 0.3 is 0 Å². The number of fused-ring (bicyclic) bond motifs is 1. The van der Waals surface area contributed by atoms with Crippen LogP contribution in [0.4, 0.5) is 8.78 Å². The first kappa shape index (κ1) is 16.3. The molecule has 1 aliphatic rings. The molecule has 0 amide bonds. The maximum absolute atomic E-state index is 12.4. The molecule has 1 aliphatic heterocycles. The Bertz CT molecular complexity index is 633. The van der Waals surface area contributed by atoms with Gasteiger partial charge in [-0.25, -0.2) is 13.8 Å². The molecule has 0 aliphatic carbocycles. The molecule has 0 spiro atoms. The maximum atomic E-state index is 12.4. The number of hydrogen-bond acceptors (Lipinski definition) is 3. The molecule has 4 nitrogen and oxygen atoms in total. The topological polar surface area (TPSA) is 33.1 Å². The molecule has 0 saturated carbocycles. The number of aryl methyl sites for hydroxylation is 1. The Morgan fingerprint density at radius 1 is 1.26 bits per heavy atom. The zero-order chi connectivity index (χ0) is 16.2. The fourth-order valence-electron chi connectivity index (χ4n) is 3.36. The summed E-state index contributed by atoms with van der Waals surface area (Å²) in [6.45, 7) is 5.13. The molecule has 1 saturated heterocycles. The van der Waals surface area contributed by atoms with Crippen LogP contribution in [0.15, 0.2) is 24.3 Å². The van der Waals surface area contributed by atoms with Crippen LogP contribution in [0, 0.1) is 0 Å². The number of nitrogens with one attached hydrogen (secondary N) is 1. The van der Waals surface area contributed by atoms with Gasteiger partial charge in [0, 0.05) is 12.6 Å². The third-order valence-corrected chi connectivity index (χ3v) is 4.58. The van der Waals surface area contributed by atoms with Crippen molar-refractivity contribution < 1.29 is 8.78 Å². The van der Waals surface area contributed by atoms with Crippen LogP contribution < -0.4 is 5.32 Å². The van der Waals surface area contributed by atoms with E-state index in [0.717, 1.165) is 50.4 Å². The molecular formula is C17H24F2N4. The van der Waals surface area contributed by atoms with Crippen molar-refractivity contribution in [1.82, 2.24) is 19.8 Å². The number of alkyl halides is 2. The highest BCUT2D eigenvalue weighted by molar-refractivity contribution is 5.75. The van der Waals surface area contributed by atoms with Crippen molar-refractivity contribution >= 4 is 11.0 Å². The van der Waals surface area contributed by atoms with Crippen LogP contribution in [0.25, 0.3) is 11.0 Å². The minimum absolute atomic E-state index is 0.0989. The Labute approximate surface area is 135 Å². The van der Waals surface area contributed by atoms with Crippen molar-refractivity contribution in [3.8, 4) is 0 Å². The van der Waals surface area contributed by atoms with Gasteiger partial charge in [-0.1, -0.05) is 12.1 Å². The normalized spacial score (nSPS) is 17.4. The highest BCUT2D eigenvalue weighted by Crippen LogP contribution is 2.17. The molecule has 6 heteroatoms. The van der Waals surface area contributed by atoms with Crippen molar-refractivity contribution in [2.45, 2.75) is 45.3 Å². The fourth-order valence-corrected chi connectivity index (χ4v) is 3.36. The Kier molecular flexibility index (Phi) is 5.23. The van der Waals surface area contributed by atoms with Gasteiger partial charge in [-0.15, -0.1) is 0 Å². The van der Waals surface area contributed by atoms with E-state index in [1.165, 1.54) is 5.52 Å². The van der Waals surface area contributed by atoms with Crippen LogP contribution in [-0.2, 0) is 13.1 Å². The first-order valence-corrected chi connectivity index (χ1v) is 8.35. The lowest BCUT2D eigenvalue weighted by molar-refractivity contribution is 0.0729. The van der Waals surface area contributed by atoms with E-state index in [1.54, 1.807) is 0 Å². The van der Waals surface area contributed by atoms with E-state index in [1.807, 2.05) is 23.1 Å². The van der Waals surface area contributed by atoms with E-state index in [0.29, 0.717) is 6.04 Å². The number of piperidine rings is 1. The van der Waals surface area contributed by atoms with Crippen LogP contribution in [0.2, 0.25) is 0 Å². The van der Waals surface area contributed by atoms with Gasteiger partial charge in [-0.2, -0.15) is 0 Å². The van der Waals surface area contributed by atoms with Gasteiger partial charge in [0.25, 0.3) is 6.43 Å². The van der Waals surface area contributed by atoms with E-state index in [-0.39, 0.29) is 6.54 Å². The van der Waals surface area contributed by atoms with E-state index in [9.17, 15) is 8.78 Å². The summed E-state index contributed by atoms with van der Waals surface area (Å²) in [5.41, 5.74) is 2.19. The lowest BCUT2D eigenvalue weighted by Crippen LogP contribution is -2.43. The zero-order valence-electron chi connectivity index (χ0n) is 13.5. The van der Waals surface area contributed by atoms with Crippen molar-refractivity contribution in [1.29, 1.82) is 0 Å². The first-order chi connectivity index (χ1) is 11.2. The summed E-state index contributed by atoms with van der Waals surface area (Å²) in [5.74, 6) is 1.05. The number of likely N-dealkylation sites (tertiary alicyclic amines) is 1. The summed E-state index contributed by atoms with van der Waals surface area (Å²) < 4.78 is 27.0. The minimum Gasteiger partial charge on any atom is -0.327 e. The number of hydrogen-bond donors (Lipinski definition) is 1. The van der Waals surface area contributed by atoms with Gasteiger partial charge in [0.15, 0.2) is 0 Å². The monoisotopic (exact) mass is 322 g/mol. The summed E-state index contributed by atoms with van der Waals surface area (Å²) >= 11 is 0. The fraction of sp³-hybridized carbons (Fsp3) is 0.588. The Balaban J connectivity index is 1.57. The molecule has 0 radical (unpaired) electrons. The molecule has 0 bridgehead atoms. The largest absolute Gasteiger partial charge is 0.327 e. The molecule has 2 aromatic rings. The predicted octanol–water partition coefficient (Wildman–Crippen LogP) is 2.88. The number of rotatable bonds is 6. The molecule has 1 aromatic heterocycles. The molecule has 2 heterocycles. The van der Waals surface area contributed by atoms with E-state index in [4.69, 9.17) is 4.98 Å². The molecule has 23 heavy (non-hydrogen) atoms. The number of aromatic nitrogens is 2. The number of nitrogens with zero attached hydrogens (tertiary/aromatic N) is 3. The first-order valence-electron chi connectivity index (χ1n) is 8.35. The lowest BCUT2D eigenvalue weighted by Gasteiger charge is -2.32. The second-order valence-corrected chi connectivity index (χ2v) is 6.11. The predicted molar refractivity (Wildman–Crippen MR) is 87.7 cm³/mol. The molecule has 0 unspecified atom stereocenters. The number of benzene rings is 1. The average Bonchev–Trinajstić information content (AvgIpc) is 2.91. The summed E-state index contributed by atoms with van der Waals surface area (Å²) in [6, 6.07) is 8.55. The van der Waals surface area contributed by atoms with Gasteiger partial charge in [-0.3, -0.25) is 4.90 Å². The van der Waals surface area contributed by atoms with Gasteiger partial charge in [0.05, 0.1) is 24.1 Å². The van der Waals surface area contributed by atoms with Crippen molar-refractivity contribution in [2.24, 2.45) is 0 Å². The number of imidazole rings is 1. The number of halogens is 2. The van der Waals surface area contributed by atoms with Crippen molar-refractivity contribution in [3.63, 3.8) is 0 Å². The van der Waals surface area contributed by atoms with Crippen LogP contribution in [0.3, 0.4) is 0 Å². The second kappa shape index (κ2) is 7.36. The smallest absolute Gasteiger partial charge is 0.251 e. The Morgan fingerprint density at radius 3 is 2.70 bits per heavy atom. The second-order valence-electron chi connectivity index (χ2n) is 6.11. The molecule has 0 atom stereocenters. The van der Waals surface area contributed by atoms with Crippen LogP contribution >= 0.6 is 0 Å². The van der Waals surface area contributed by atoms with E-state index >= 15 is 0 Å². The molecule has 1 aromatic carbocycles. The van der Waals surface area contributed by atoms with Gasteiger partial charge in [-0.05, 0) is 45.0 Å². The van der Waals surface area contributed by atoms with Crippen molar-refractivity contribution in [2.75, 3.05) is 19.6 Å². The third kappa shape index (κ3) is 3.87. The van der Waals surface area contributed by atoms with Crippen LogP contribution in [0.1, 0.15) is 25.6 Å². The maximum Gasteiger partial charge on any atom is 0.251 e. The van der Waals surface area contributed by atoms with Gasteiger partial charge in [0.2, 0.25) is 0 Å². The standard InChI is InChI=1S/C17H24F2N4/c1-2-23-15-6-4-3-5-14(15)21-17(23)11-20-13-7-9-22(10-8-13)12-16(18)19/h3-6,13,16,20H,2,7-12H2,1H3. The minimum atomic E-state index is -2.23. The third-order valence-electron chi connectivity index (χ3n) is 4.58. The van der Waals surface area contributed by atoms with Crippen molar-refractivity contribution in [3.05, 3.63) is 30.1 Å². The highest BCUT2D eigenvalue weighted by atomic mass is 19.3. The average molecular weight is 322 g/mol. The lowest BCUT2D eigenvalue weighted by atomic mass is 10.1. The quantitative estimate of drug-likeness (QED) is 0.888. The van der Waals surface area contributed by atoms with E-state index in [2.05, 4.69) is 22.9 Å². The molecule has 1 fully saturated rings. The molecule has 3 rings (SSSR count).